The molecule has 1 heterocycles. The molecule has 0 saturated carbocycles. The maximum Gasteiger partial charge on any atom is 0.340 e. The molecule has 0 amide bonds. The molecule has 1 N–H and O–H groups in total. The van der Waals surface area contributed by atoms with Crippen molar-refractivity contribution < 1.29 is 19.4 Å². The molecule has 6 nitrogen and oxygen atoms in total. The molecule has 0 aliphatic carbocycles. The Balaban J connectivity index is 2.55. The average molecular weight is 248 g/mol. The van der Waals surface area contributed by atoms with E-state index in [2.05, 4.69) is 4.98 Å². The number of benzene rings is 1. The predicted octanol–water partition coefficient (Wildman–Crippen LogP) is 1.30. The molecule has 0 unspecified atom stereocenters. The third-order valence-corrected chi connectivity index (χ3v) is 2.44. The number of fused-ring (bicyclic) bond motifs is 1. The molecule has 0 radical (unpaired) electrons. The Morgan fingerprint density at radius 2 is 2.22 bits per heavy atom. The van der Waals surface area contributed by atoms with E-state index in [1.807, 2.05) is 0 Å². The Morgan fingerprint density at radius 3 is 2.89 bits per heavy atom. The molecule has 0 aliphatic heterocycles. The number of rotatable bonds is 4. The molecule has 2 rings (SSSR count). The molecule has 0 bridgehead atoms. The van der Waals surface area contributed by atoms with E-state index in [1.165, 1.54) is 10.9 Å². The molecule has 0 spiro atoms. The lowest BCUT2D eigenvalue weighted by molar-refractivity contribution is -0.137. The van der Waals surface area contributed by atoms with Gasteiger partial charge in [-0.1, -0.05) is 6.07 Å². The van der Waals surface area contributed by atoms with E-state index >= 15 is 0 Å². The quantitative estimate of drug-likeness (QED) is 0.825. The number of carboxylic acid groups (broad SMARTS) is 1. The van der Waals surface area contributed by atoms with E-state index < -0.39 is 11.9 Å². The van der Waals surface area contributed by atoms with Gasteiger partial charge in [-0.3, -0.25) is 4.79 Å². The summed E-state index contributed by atoms with van der Waals surface area (Å²) in [5.41, 5.74) is 1.38. The third kappa shape index (κ3) is 2.17. The number of carbonyl (C=O) groups excluding carboxylic acids is 1. The number of ether oxygens (including phenoxy) is 1. The molecular weight excluding hydrogens is 236 g/mol. The second-order valence-corrected chi connectivity index (χ2v) is 3.66. The largest absolute Gasteiger partial charge is 0.480 e. The topological polar surface area (TPSA) is 81.4 Å². The molecule has 2 aromatic rings. The second kappa shape index (κ2) is 4.87. The van der Waals surface area contributed by atoms with Crippen LogP contribution in [0.5, 0.6) is 0 Å². The zero-order valence-electron chi connectivity index (χ0n) is 9.79. The molecule has 0 atom stereocenters. The monoisotopic (exact) mass is 248 g/mol. The van der Waals surface area contributed by atoms with Gasteiger partial charge in [-0.2, -0.15) is 0 Å². The van der Waals surface area contributed by atoms with Gasteiger partial charge in [0.15, 0.2) is 0 Å². The fourth-order valence-corrected chi connectivity index (χ4v) is 1.77. The van der Waals surface area contributed by atoms with Gasteiger partial charge in [-0.05, 0) is 19.1 Å². The highest BCUT2D eigenvalue weighted by Crippen LogP contribution is 2.18. The summed E-state index contributed by atoms with van der Waals surface area (Å²) >= 11 is 0. The normalized spacial score (nSPS) is 10.5. The van der Waals surface area contributed by atoms with Crippen LogP contribution in [0.4, 0.5) is 0 Å². The van der Waals surface area contributed by atoms with E-state index in [9.17, 15) is 9.59 Å². The van der Waals surface area contributed by atoms with Crippen molar-refractivity contribution in [1.29, 1.82) is 0 Å². The van der Waals surface area contributed by atoms with Crippen LogP contribution in [-0.2, 0) is 16.1 Å². The number of imidazole rings is 1. The SMILES string of the molecule is CCOC(=O)c1cccc2ncn(CC(=O)O)c12. The molecule has 6 heteroatoms. The van der Waals surface area contributed by atoms with E-state index in [1.54, 1.807) is 25.1 Å². The van der Waals surface area contributed by atoms with Crippen molar-refractivity contribution in [2.24, 2.45) is 0 Å². The van der Waals surface area contributed by atoms with Gasteiger partial charge in [0.25, 0.3) is 0 Å². The summed E-state index contributed by atoms with van der Waals surface area (Å²) in [6, 6.07) is 5.00. The summed E-state index contributed by atoms with van der Waals surface area (Å²) in [6.45, 7) is 1.74. The first kappa shape index (κ1) is 12.1. The number of aliphatic carboxylic acids is 1. The van der Waals surface area contributed by atoms with Crippen LogP contribution in [0.1, 0.15) is 17.3 Å². The number of para-hydroxylation sites is 1. The summed E-state index contributed by atoms with van der Waals surface area (Å²) in [5.74, 6) is -1.47. The van der Waals surface area contributed by atoms with Gasteiger partial charge in [0.2, 0.25) is 0 Å². The van der Waals surface area contributed by atoms with Crippen LogP contribution in [0.25, 0.3) is 11.0 Å². The predicted molar refractivity (Wildman–Crippen MR) is 63.3 cm³/mol. The van der Waals surface area contributed by atoms with Crippen LogP contribution in [0.2, 0.25) is 0 Å². The average Bonchev–Trinajstić information content (AvgIpc) is 2.72. The number of esters is 1. The molecule has 1 aromatic heterocycles. The van der Waals surface area contributed by atoms with Crippen molar-refractivity contribution in [2.75, 3.05) is 6.61 Å². The number of carbonyl (C=O) groups is 2. The highest BCUT2D eigenvalue weighted by molar-refractivity contribution is 6.02. The Labute approximate surface area is 103 Å². The highest BCUT2D eigenvalue weighted by Gasteiger charge is 2.16. The van der Waals surface area contributed by atoms with Crippen LogP contribution in [0, 0.1) is 0 Å². The first-order chi connectivity index (χ1) is 8.63. The van der Waals surface area contributed by atoms with Gasteiger partial charge in [0.1, 0.15) is 6.54 Å². The molecule has 94 valence electrons. The van der Waals surface area contributed by atoms with Crippen molar-refractivity contribution in [1.82, 2.24) is 9.55 Å². The van der Waals surface area contributed by atoms with Crippen LogP contribution in [-0.4, -0.2) is 33.2 Å². The van der Waals surface area contributed by atoms with E-state index in [0.717, 1.165) is 0 Å². The van der Waals surface area contributed by atoms with Gasteiger partial charge in [0.05, 0.1) is 29.5 Å². The summed E-state index contributed by atoms with van der Waals surface area (Å²) < 4.78 is 6.36. The number of nitrogens with zero attached hydrogens (tertiary/aromatic N) is 2. The number of hydrogen-bond donors (Lipinski definition) is 1. The van der Waals surface area contributed by atoms with Crippen molar-refractivity contribution in [3.8, 4) is 0 Å². The zero-order chi connectivity index (χ0) is 13.1. The highest BCUT2D eigenvalue weighted by atomic mass is 16.5. The van der Waals surface area contributed by atoms with Crippen molar-refractivity contribution in [2.45, 2.75) is 13.5 Å². The molecule has 0 fully saturated rings. The van der Waals surface area contributed by atoms with E-state index in [4.69, 9.17) is 9.84 Å². The lowest BCUT2D eigenvalue weighted by atomic mass is 10.2. The fraction of sp³-hybridized carbons (Fsp3) is 0.250. The maximum atomic E-state index is 11.8. The Morgan fingerprint density at radius 1 is 1.44 bits per heavy atom. The van der Waals surface area contributed by atoms with Crippen molar-refractivity contribution in [3.63, 3.8) is 0 Å². The summed E-state index contributed by atoms with van der Waals surface area (Å²) in [7, 11) is 0. The first-order valence-electron chi connectivity index (χ1n) is 5.46. The third-order valence-electron chi connectivity index (χ3n) is 2.44. The number of hydrogen-bond acceptors (Lipinski definition) is 4. The fourth-order valence-electron chi connectivity index (χ4n) is 1.77. The van der Waals surface area contributed by atoms with Crippen molar-refractivity contribution >= 4 is 23.0 Å². The van der Waals surface area contributed by atoms with E-state index in [0.29, 0.717) is 16.6 Å². The molecular formula is C12H12N2O4. The summed E-state index contributed by atoms with van der Waals surface area (Å²) in [5, 5.41) is 8.81. The van der Waals surface area contributed by atoms with Crippen LogP contribution < -0.4 is 0 Å². The number of carboxylic acids is 1. The zero-order valence-corrected chi connectivity index (χ0v) is 9.79. The van der Waals surface area contributed by atoms with Gasteiger partial charge in [-0.25, -0.2) is 9.78 Å². The van der Waals surface area contributed by atoms with Gasteiger partial charge >= 0.3 is 11.9 Å². The smallest absolute Gasteiger partial charge is 0.340 e. The van der Waals surface area contributed by atoms with Crippen LogP contribution in [0.3, 0.4) is 0 Å². The summed E-state index contributed by atoms with van der Waals surface area (Å²) in [6.07, 6.45) is 1.40. The van der Waals surface area contributed by atoms with Gasteiger partial charge < -0.3 is 14.4 Å². The molecule has 0 saturated heterocycles. The number of aromatic nitrogens is 2. The lowest BCUT2D eigenvalue weighted by Gasteiger charge is -2.06. The lowest BCUT2D eigenvalue weighted by Crippen LogP contribution is -2.11. The Bertz CT molecular complexity index is 603. The minimum Gasteiger partial charge on any atom is -0.480 e. The standard InChI is InChI=1S/C12H12N2O4/c1-2-18-12(17)8-4-3-5-9-11(8)14(7-13-9)6-10(15)16/h3-5,7H,2,6H2,1H3,(H,15,16). The minimum absolute atomic E-state index is 0.243. The van der Waals surface area contributed by atoms with Crippen LogP contribution >= 0.6 is 0 Å². The Kier molecular flexibility index (Phi) is 3.27. The molecule has 1 aromatic carbocycles. The van der Waals surface area contributed by atoms with Crippen LogP contribution in [0.15, 0.2) is 24.5 Å². The van der Waals surface area contributed by atoms with Crippen molar-refractivity contribution in [3.05, 3.63) is 30.1 Å². The van der Waals surface area contributed by atoms with Gasteiger partial charge in [0, 0.05) is 0 Å². The minimum atomic E-state index is -0.993. The molecule has 0 aliphatic rings. The Hall–Kier alpha value is -2.37. The summed E-state index contributed by atoms with van der Waals surface area (Å²) in [4.78, 5) is 26.6. The molecule has 18 heavy (non-hydrogen) atoms. The first-order valence-corrected chi connectivity index (χ1v) is 5.46. The second-order valence-electron chi connectivity index (χ2n) is 3.66. The maximum absolute atomic E-state index is 11.8. The van der Waals surface area contributed by atoms with Gasteiger partial charge in [-0.15, -0.1) is 0 Å². The van der Waals surface area contributed by atoms with E-state index in [-0.39, 0.29) is 13.2 Å².